The molecule has 0 radical (unpaired) electrons. The summed E-state index contributed by atoms with van der Waals surface area (Å²) in [6.45, 7) is 6.56. The van der Waals surface area contributed by atoms with Crippen molar-refractivity contribution in [2.45, 2.75) is 26.2 Å². The molecule has 1 heterocycles. The molecule has 0 N–H and O–H groups in total. The van der Waals surface area contributed by atoms with E-state index in [1.165, 1.54) is 5.56 Å². The molecule has 0 amide bonds. The maximum atomic E-state index is 5.55. The van der Waals surface area contributed by atoms with Crippen LogP contribution in [0.15, 0.2) is 18.3 Å². The van der Waals surface area contributed by atoms with Gasteiger partial charge in [-0.2, -0.15) is 5.10 Å². The van der Waals surface area contributed by atoms with E-state index in [2.05, 4.69) is 38.0 Å². The molecule has 0 bridgehead atoms. The highest BCUT2D eigenvalue weighted by molar-refractivity contribution is 5.87. The minimum atomic E-state index is 0.0787. The topological polar surface area (TPSA) is 27.1 Å². The first-order chi connectivity index (χ1) is 7.45. The first-order valence-corrected chi connectivity index (χ1v) is 5.44. The summed E-state index contributed by atoms with van der Waals surface area (Å²) in [5.74, 6) is 0.943. The highest BCUT2D eigenvalue weighted by atomic mass is 16.5. The SMILES string of the molecule is COc1c(C(C)(C)C)ccc2c1cnn2C. The molecule has 0 atom stereocenters. The van der Waals surface area contributed by atoms with Gasteiger partial charge in [-0.15, -0.1) is 0 Å². The van der Waals surface area contributed by atoms with Gasteiger partial charge in [-0.3, -0.25) is 4.68 Å². The predicted molar refractivity (Wildman–Crippen MR) is 66.0 cm³/mol. The number of nitrogens with zero attached hydrogens (tertiary/aromatic N) is 2. The first kappa shape index (κ1) is 11.0. The summed E-state index contributed by atoms with van der Waals surface area (Å²) < 4.78 is 7.41. The molecular weight excluding hydrogens is 200 g/mol. The van der Waals surface area contributed by atoms with Crippen LogP contribution in [0, 0.1) is 0 Å². The van der Waals surface area contributed by atoms with Crippen LogP contribution in [0.1, 0.15) is 26.3 Å². The molecule has 0 unspecified atom stereocenters. The van der Waals surface area contributed by atoms with Gasteiger partial charge in [0.2, 0.25) is 0 Å². The Hall–Kier alpha value is -1.51. The van der Waals surface area contributed by atoms with Gasteiger partial charge in [0, 0.05) is 12.6 Å². The second-order valence-electron chi connectivity index (χ2n) is 5.10. The standard InChI is InChI=1S/C13H18N2O/c1-13(2,3)10-6-7-11-9(12(10)16-5)8-14-15(11)4/h6-8H,1-5H3. The number of aromatic nitrogens is 2. The molecule has 0 aliphatic rings. The van der Waals surface area contributed by atoms with E-state index in [0.29, 0.717) is 0 Å². The van der Waals surface area contributed by atoms with Crippen molar-refractivity contribution in [2.24, 2.45) is 7.05 Å². The zero-order valence-electron chi connectivity index (χ0n) is 10.5. The van der Waals surface area contributed by atoms with Crippen LogP contribution < -0.4 is 4.74 Å². The third-order valence-electron chi connectivity index (χ3n) is 2.89. The Bertz CT molecular complexity index is 520. The maximum absolute atomic E-state index is 5.55. The second-order valence-corrected chi connectivity index (χ2v) is 5.10. The number of methoxy groups -OCH3 is 1. The summed E-state index contributed by atoms with van der Waals surface area (Å²) >= 11 is 0. The minimum Gasteiger partial charge on any atom is -0.496 e. The molecule has 0 fully saturated rings. The molecule has 1 aromatic heterocycles. The largest absolute Gasteiger partial charge is 0.496 e. The van der Waals surface area contributed by atoms with Crippen LogP contribution in [0.5, 0.6) is 5.75 Å². The molecule has 0 aliphatic heterocycles. The molecule has 3 nitrogen and oxygen atoms in total. The van der Waals surface area contributed by atoms with Crippen molar-refractivity contribution in [3.05, 3.63) is 23.9 Å². The third-order valence-corrected chi connectivity index (χ3v) is 2.89. The van der Waals surface area contributed by atoms with Gasteiger partial charge in [-0.25, -0.2) is 0 Å². The van der Waals surface area contributed by atoms with Crippen molar-refractivity contribution in [1.29, 1.82) is 0 Å². The van der Waals surface area contributed by atoms with Gasteiger partial charge in [0.05, 0.1) is 24.2 Å². The van der Waals surface area contributed by atoms with E-state index in [1.807, 2.05) is 17.9 Å². The molecule has 1 aromatic carbocycles. The van der Waals surface area contributed by atoms with Crippen LogP contribution >= 0.6 is 0 Å². The number of rotatable bonds is 1. The van der Waals surface area contributed by atoms with Gasteiger partial charge < -0.3 is 4.74 Å². The Morgan fingerprint density at radius 3 is 2.50 bits per heavy atom. The molecule has 2 aromatic rings. The van der Waals surface area contributed by atoms with Gasteiger partial charge in [0.1, 0.15) is 5.75 Å². The molecule has 0 saturated heterocycles. The van der Waals surface area contributed by atoms with E-state index in [4.69, 9.17) is 4.74 Å². The zero-order chi connectivity index (χ0) is 11.9. The van der Waals surface area contributed by atoms with Crippen molar-refractivity contribution >= 4 is 10.9 Å². The summed E-state index contributed by atoms with van der Waals surface area (Å²) in [5.41, 5.74) is 2.40. The quantitative estimate of drug-likeness (QED) is 0.736. The van der Waals surface area contributed by atoms with Crippen molar-refractivity contribution in [3.8, 4) is 5.75 Å². The zero-order valence-corrected chi connectivity index (χ0v) is 10.5. The highest BCUT2D eigenvalue weighted by Gasteiger charge is 2.21. The molecule has 0 spiro atoms. The smallest absolute Gasteiger partial charge is 0.133 e. The number of hydrogen-bond donors (Lipinski definition) is 0. The number of aryl methyl sites for hydroxylation is 1. The normalized spacial score (nSPS) is 12.1. The molecule has 0 aliphatic carbocycles. The van der Waals surface area contributed by atoms with E-state index in [1.54, 1.807) is 7.11 Å². The van der Waals surface area contributed by atoms with Crippen LogP contribution in [0.4, 0.5) is 0 Å². The van der Waals surface area contributed by atoms with Gasteiger partial charge in [-0.05, 0) is 11.5 Å². The molecular formula is C13H18N2O. The molecule has 3 heteroatoms. The van der Waals surface area contributed by atoms with Gasteiger partial charge >= 0.3 is 0 Å². The molecule has 16 heavy (non-hydrogen) atoms. The minimum absolute atomic E-state index is 0.0787. The van der Waals surface area contributed by atoms with E-state index < -0.39 is 0 Å². The fourth-order valence-corrected chi connectivity index (χ4v) is 2.01. The first-order valence-electron chi connectivity index (χ1n) is 5.44. The van der Waals surface area contributed by atoms with E-state index in [0.717, 1.165) is 16.7 Å². The second kappa shape index (κ2) is 3.51. The number of fused-ring (bicyclic) bond motifs is 1. The van der Waals surface area contributed by atoms with Crippen molar-refractivity contribution in [1.82, 2.24) is 9.78 Å². The summed E-state index contributed by atoms with van der Waals surface area (Å²) in [7, 11) is 3.66. The third kappa shape index (κ3) is 1.56. The maximum Gasteiger partial charge on any atom is 0.133 e. The van der Waals surface area contributed by atoms with Crippen LogP contribution in [-0.4, -0.2) is 16.9 Å². The Morgan fingerprint density at radius 2 is 1.94 bits per heavy atom. The van der Waals surface area contributed by atoms with Crippen molar-refractivity contribution < 1.29 is 4.74 Å². The highest BCUT2D eigenvalue weighted by Crippen LogP contribution is 2.36. The summed E-state index contributed by atoms with van der Waals surface area (Å²) in [5, 5.41) is 5.35. The Morgan fingerprint density at radius 1 is 1.25 bits per heavy atom. The average Bonchev–Trinajstić information content (AvgIpc) is 2.58. The predicted octanol–water partition coefficient (Wildman–Crippen LogP) is 2.88. The van der Waals surface area contributed by atoms with Crippen molar-refractivity contribution in [2.75, 3.05) is 7.11 Å². The molecule has 2 rings (SSSR count). The molecule has 0 saturated carbocycles. The number of benzene rings is 1. The van der Waals surface area contributed by atoms with Crippen LogP contribution in [-0.2, 0) is 12.5 Å². The van der Waals surface area contributed by atoms with Crippen LogP contribution in [0.25, 0.3) is 10.9 Å². The fourth-order valence-electron chi connectivity index (χ4n) is 2.01. The average molecular weight is 218 g/mol. The van der Waals surface area contributed by atoms with E-state index in [-0.39, 0.29) is 5.41 Å². The number of hydrogen-bond acceptors (Lipinski definition) is 2. The van der Waals surface area contributed by atoms with Crippen LogP contribution in [0.2, 0.25) is 0 Å². The van der Waals surface area contributed by atoms with Gasteiger partial charge in [0.15, 0.2) is 0 Å². The van der Waals surface area contributed by atoms with E-state index >= 15 is 0 Å². The van der Waals surface area contributed by atoms with Gasteiger partial charge in [0.25, 0.3) is 0 Å². The van der Waals surface area contributed by atoms with E-state index in [9.17, 15) is 0 Å². The Balaban J connectivity index is 2.78. The Kier molecular flexibility index (Phi) is 2.41. The summed E-state index contributed by atoms with van der Waals surface area (Å²) in [4.78, 5) is 0. The lowest BCUT2D eigenvalue weighted by Gasteiger charge is -2.22. The lowest BCUT2D eigenvalue weighted by atomic mass is 9.85. The lowest BCUT2D eigenvalue weighted by Crippen LogP contribution is -2.12. The monoisotopic (exact) mass is 218 g/mol. The number of ether oxygens (including phenoxy) is 1. The summed E-state index contributed by atoms with van der Waals surface area (Å²) in [6, 6.07) is 4.23. The van der Waals surface area contributed by atoms with Crippen LogP contribution in [0.3, 0.4) is 0 Å². The fraction of sp³-hybridized carbons (Fsp3) is 0.462. The molecule has 86 valence electrons. The lowest BCUT2D eigenvalue weighted by molar-refractivity contribution is 0.402. The van der Waals surface area contributed by atoms with Gasteiger partial charge in [-0.1, -0.05) is 26.8 Å². The van der Waals surface area contributed by atoms with Crippen molar-refractivity contribution in [3.63, 3.8) is 0 Å². The Labute approximate surface area is 96.0 Å². The summed E-state index contributed by atoms with van der Waals surface area (Å²) in [6.07, 6.45) is 1.86.